The molecule has 0 bridgehead atoms. The van der Waals surface area contributed by atoms with Crippen molar-refractivity contribution in [3.05, 3.63) is 65.2 Å². The summed E-state index contributed by atoms with van der Waals surface area (Å²) in [5.74, 6) is -0.504. The molecule has 146 valence electrons. The molecule has 0 radical (unpaired) electrons. The maximum atomic E-state index is 13.0. The molecule has 1 aliphatic heterocycles. The van der Waals surface area contributed by atoms with Crippen molar-refractivity contribution in [2.45, 2.75) is 26.0 Å². The summed E-state index contributed by atoms with van der Waals surface area (Å²) in [6, 6.07) is 12.5. The molecule has 28 heavy (non-hydrogen) atoms. The molecule has 2 aromatic rings. The van der Waals surface area contributed by atoms with Crippen LogP contribution in [-0.2, 0) is 9.53 Å². The molecule has 7 heteroatoms. The number of amides is 2. The fraction of sp³-hybridized carbons (Fsp3) is 0.238. The minimum Gasteiger partial charge on any atom is -0.504 e. The smallest absolute Gasteiger partial charge is 0.338 e. The maximum absolute atomic E-state index is 13.0. The van der Waals surface area contributed by atoms with Crippen LogP contribution >= 0.6 is 0 Å². The van der Waals surface area contributed by atoms with E-state index in [1.807, 2.05) is 6.07 Å². The Labute approximate surface area is 163 Å². The summed E-state index contributed by atoms with van der Waals surface area (Å²) in [7, 11) is 1.43. The topological polar surface area (TPSA) is 96.9 Å². The van der Waals surface area contributed by atoms with Crippen LogP contribution in [0.15, 0.2) is 54.1 Å². The molecule has 0 aromatic heterocycles. The number of hydrogen-bond donors (Lipinski definition) is 3. The van der Waals surface area contributed by atoms with Crippen molar-refractivity contribution >= 4 is 17.7 Å². The van der Waals surface area contributed by atoms with Crippen LogP contribution in [0.4, 0.5) is 4.79 Å². The Kier molecular flexibility index (Phi) is 5.54. The van der Waals surface area contributed by atoms with E-state index in [9.17, 15) is 14.7 Å². The fourth-order valence-electron chi connectivity index (χ4n) is 3.06. The van der Waals surface area contributed by atoms with Gasteiger partial charge in [0, 0.05) is 5.56 Å². The zero-order valence-corrected chi connectivity index (χ0v) is 15.9. The van der Waals surface area contributed by atoms with Crippen molar-refractivity contribution in [1.82, 2.24) is 10.6 Å². The van der Waals surface area contributed by atoms with Crippen LogP contribution in [0.25, 0.3) is 5.70 Å². The molecule has 3 N–H and O–H groups in total. The van der Waals surface area contributed by atoms with Gasteiger partial charge in [0.05, 0.1) is 30.5 Å². The zero-order valence-electron chi connectivity index (χ0n) is 15.9. The Morgan fingerprint density at radius 3 is 2.46 bits per heavy atom. The first kappa shape index (κ1) is 19.3. The van der Waals surface area contributed by atoms with Crippen molar-refractivity contribution in [3.63, 3.8) is 0 Å². The quantitative estimate of drug-likeness (QED) is 0.691. The molecule has 1 atom stereocenters. The molecular weight excluding hydrogens is 360 g/mol. The van der Waals surface area contributed by atoms with Gasteiger partial charge in [-0.1, -0.05) is 42.5 Å². The predicted molar refractivity (Wildman–Crippen MR) is 104 cm³/mol. The largest absolute Gasteiger partial charge is 0.504 e. The predicted octanol–water partition coefficient (Wildman–Crippen LogP) is 3.12. The van der Waals surface area contributed by atoms with E-state index < -0.39 is 18.0 Å². The fourth-order valence-corrected chi connectivity index (χ4v) is 3.06. The third-order valence-electron chi connectivity index (χ3n) is 4.26. The van der Waals surface area contributed by atoms with Gasteiger partial charge in [-0.3, -0.25) is 0 Å². The van der Waals surface area contributed by atoms with Crippen molar-refractivity contribution in [3.8, 4) is 11.5 Å². The van der Waals surface area contributed by atoms with Gasteiger partial charge in [0.1, 0.15) is 0 Å². The first-order valence-corrected chi connectivity index (χ1v) is 8.86. The van der Waals surface area contributed by atoms with Gasteiger partial charge in [-0.05, 0) is 25.5 Å². The lowest BCUT2D eigenvalue weighted by Gasteiger charge is -2.30. The summed E-state index contributed by atoms with van der Waals surface area (Å²) in [6.45, 7) is 3.49. The maximum Gasteiger partial charge on any atom is 0.338 e. The third-order valence-corrected chi connectivity index (χ3v) is 4.26. The van der Waals surface area contributed by atoms with Crippen molar-refractivity contribution in [2.75, 3.05) is 7.11 Å². The number of methoxy groups -OCH3 is 1. The molecule has 0 saturated carbocycles. The second kappa shape index (κ2) is 8.04. The molecule has 2 amide bonds. The Morgan fingerprint density at radius 1 is 1.11 bits per heavy atom. The van der Waals surface area contributed by atoms with Crippen molar-refractivity contribution in [1.29, 1.82) is 0 Å². The number of carbonyl (C=O) groups is 2. The SMILES string of the molecule is COc1cccc(C2NC(=O)NC(c3ccccc3)=C2C(=O)OC(C)C)c1O. The van der Waals surface area contributed by atoms with Gasteiger partial charge in [0.2, 0.25) is 0 Å². The van der Waals surface area contributed by atoms with Crippen LogP contribution in [-0.4, -0.2) is 30.3 Å². The van der Waals surface area contributed by atoms with Gasteiger partial charge in [-0.15, -0.1) is 0 Å². The third kappa shape index (κ3) is 3.78. The summed E-state index contributed by atoms with van der Waals surface area (Å²) < 4.78 is 10.6. The lowest BCUT2D eigenvalue weighted by atomic mass is 9.92. The van der Waals surface area contributed by atoms with E-state index >= 15 is 0 Å². The molecule has 1 aliphatic rings. The van der Waals surface area contributed by atoms with Crippen LogP contribution in [0.5, 0.6) is 11.5 Å². The van der Waals surface area contributed by atoms with Crippen LogP contribution in [0.3, 0.4) is 0 Å². The van der Waals surface area contributed by atoms with Crippen molar-refractivity contribution in [2.24, 2.45) is 0 Å². The number of nitrogens with one attached hydrogen (secondary N) is 2. The first-order chi connectivity index (χ1) is 13.4. The van der Waals surface area contributed by atoms with E-state index in [1.54, 1.807) is 56.3 Å². The summed E-state index contributed by atoms with van der Waals surface area (Å²) in [5, 5.41) is 16.0. The van der Waals surface area contributed by atoms with Crippen LogP contribution in [0.1, 0.15) is 31.0 Å². The number of ether oxygens (including phenoxy) is 2. The highest BCUT2D eigenvalue weighted by atomic mass is 16.5. The summed E-state index contributed by atoms with van der Waals surface area (Å²) in [4.78, 5) is 25.3. The first-order valence-electron chi connectivity index (χ1n) is 8.86. The number of rotatable bonds is 5. The van der Waals surface area contributed by atoms with Gasteiger partial charge in [-0.2, -0.15) is 0 Å². The number of carbonyl (C=O) groups excluding carboxylic acids is 2. The molecule has 1 heterocycles. The highest BCUT2D eigenvalue weighted by Gasteiger charge is 2.36. The lowest BCUT2D eigenvalue weighted by molar-refractivity contribution is -0.143. The molecule has 7 nitrogen and oxygen atoms in total. The van der Waals surface area contributed by atoms with Crippen LogP contribution in [0, 0.1) is 0 Å². The Hall–Kier alpha value is -3.48. The van der Waals surface area contributed by atoms with E-state index in [-0.39, 0.29) is 23.2 Å². The molecule has 2 aromatic carbocycles. The van der Waals surface area contributed by atoms with E-state index in [2.05, 4.69) is 10.6 Å². The molecule has 0 fully saturated rings. The number of esters is 1. The van der Waals surface area contributed by atoms with Crippen LogP contribution < -0.4 is 15.4 Å². The summed E-state index contributed by atoms with van der Waals surface area (Å²) in [6.07, 6.45) is -0.353. The van der Waals surface area contributed by atoms with Gasteiger partial charge in [0.25, 0.3) is 0 Å². The van der Waals surface area contributed by atoms with Gasteiger partial charge in [0.15, 0.2) is 11.5 Å². The molecule has 0 aliphatic carbocycles. The highest BCUT2D eigenvalue weighted by molar-refractivity contribution is 6.04. The van der Waals surface area contributed by atoms with Gasteiger partial charge in [-0.25, -0.2) is 9.59 Å². The molecule has 1 unspecified atom stereocenters. The Morgan fingerprint density at radius 2 is 1.82 bits per heavy atom. The Balaban J connectivity index is 2.22. The summed E-state index contributed by atoms with van der Waals surface area (Å²) in [5.41, 5.74) is 1.52. The average Bonchev–Trinajstić information content (AvgIpc) is 2.67. The number of phenolic OH excluding ortho intramolecular Hbond substituents is 1. The van der Waals surface area contributed by atoms with E-state index in [1.165, 1.54) is 7.11 Å². The molecule has 0 saturated heterocycles. The van der Waals surface area contributed by atoms with Crippen LogP contribution in [0.2, 0.25) is 0 Å². The Bertz CT molecular complexity index is 922. The molecule has 3 rings (SSSR count). The second-order valence-corrected chi connectivity index (χ2v) is 6.54. The van der Waals surface area contributed by atoms with E-state index in [0.717, 1.165) is 0 Å². The van der Waals surface area contributed by atoms with E-state index in [4.69, 9.17) is 9.47 Å². The van der Waals surface area contributed by atoms with Gasteiger partial charge < -0.3 is 25.2 Å². The van der Waals surface area contributed by atoms with Gasteiger partial charge >= 0.3 is 12.0 Å². The normalized spacial score (nSPS) is 16.4. The standard InChI is InChI=1S/C21H22N2O5/c1-12(2)28-20(25)16-17(13-8-5-4-6-9-13)22-21(26)23-18(16)14-10-7-11-15(27-3)19(14)24/h4-12,18,24H,1-3H3,(H2,22,23,26). The monoisotopic (exact) mass is 382 g/mol. The molecular formula is C21H22N2O5. The number of aromatic hydroxyl groups is 1. The van der Waals surface area contributed by atoms with E-state index in [0.29, 0.717) is 16.8 Å². The average molecular weight is 382 g/mol. The minimum atomic E-state index is -0.912. The lowest BCUT2D eigenvalue weighted by Crippen LogP contribution is -2.45. The minimum absolute atomic E-state index is 0.153. The number of benzene rings is 2. The number of hydrogen-bond acceptors (Lipinski definition) is 5. The number of para-hydroxylation sites is 1. The highest BCUT2D eigenvalue weighted by Crippen LogP contribution is 2.39. The number of phenols is 1. The molecule has 0 spiro atoms. The van der Waals surface area contributed by atoms with Crippen molar-refractivity contribution < 1.29 is 24.2 Å². The number of urea groups is 1. The second-order valence-electron chi connectivity index (χ2n) is 6.54. The summed E-state index contributed by atoms with van der Waals surface area (Å²) >= 11 is 0. The zero-order chi connectivity index (χ0) is 20.3.